The molecule has 1 N–H and O–H groups in total. The van der Waals surface area contributed by atoms with Gasteiger partial charge in [-0.3, -0.25) is 9.69 Å². The van der Waals surface area contributed by atoms with Gasteiger partial charge in [0.05, 0.1) is 12.3 Å². The van der Waals surface area contributed by atoms with Crippen LogP contribution in [0, 0.1) is 6.92 Å². The second kappa shape index (κ2) is 7.48. The van der Waals surface area contributed by atoms with E-state index in [1.54, 1.807) is 16.9 Å². The molecule has 2 aromatic rings. The minimum Gasteiger partial charge on any atom is -0.383 e. The van der Waals surface area contributed by atoms with Gasteiger partial charge in [-0.2, -0.15) is 0 Å². The summed E-state index contributed by atoms with van der Waals surface area (Å²) in [5, 5.41) is 2.96. The number of carbonyl (C=O) groups is 2. The van der Waals surface area contributed by atoms with Crippen molar-refractivity contribution in [2.24, 2.45) is 0 Å². The van der Waals surface area contributed by atoms with E-state index in [1.165, 1.54) is 11.8 Å². The van der Waals surface area contributed by atoms with Crippen LogP contribution in [-0.2, 0) is 14.4 Å². The maximum absolute atomic E-state index is 13.5. The second-order valence-electron chi connectivity index (χ2n) is 6.91. The van der Waals surface area contributed by atoms with Crippen LogP contribution >= 0.6 is 11.8 Å². The van der Waals surface area contributed by atoms with Crippen molar-refractivity contribution in [2.45, 2.75) is 11.8 Å². The molecule has 1 spiro atoms. The summed E-state index contributed by atoms with van der Waals surface area (Å²) in [4.78, 5) is 29.1. The van der Waals surface area contributed by atoms with Crippen LogP contribution in [-0.4, -0.2) is 49.4 Å². The predicted octanol–water partition coefficient (Wildman–Crippen LogP) is 3.42. The Morgan fingerprint density at radius 3 is 2.86 bits per heavy atom. The molecule has 4 rings (SSSR count). The first-order valence-corrected chi connectivity index (χ1v) is 10.3. The molecule has 28 heavy (non-hydrogen) atoms. The number of nitrogens with zero attached hydrogens (tertiary/aromatic N) is 2. The minimum absolute atomic E-state index is 0.0763. The molecule has 1 atom stereocenters. The topological polar surface area (TPSA) is 61.9 Å². The number of amides is 3. The molecule has 2 aliphatic heterocycles. The first kappa shape index (κ1) is 18.8. The molecule has 2 heterocycles. The Hall–Kier alpha value is -2.51. The molecule has 0 aliphatic carbocycles. The molecule has 0 aromatic heterocycles. The molecule has 0 radical (unpaired) electrons. The van der Waals surface area contributed by atoms with E-state index in [9.17, 15) is 9.59 Å². The molecule has 1 fully saturated rings. The van der Waals surface area contributed by atoms with Gasteiger partial charge in [-0.05, 0) is 30.7 Å². The molecule has 2 aliphatic rings. The van der Waals surface area contributed by atoms with E-state index in [-0.39, 0.29) is 11.9 Å². The average molecular weight is 398 g/mol. The van der Waals surface area contributed by atoms with E-state index in [0.29, 0.717) is 25.4 Å². The Bertz CT molecular complexity index is 919. The number of fused-ring (bicyclic) bond motifs is 2. The van der Waals surface area contributed by atoms with E-state index in [0.717, 1.165) is 22.5 Å². The molecule has 0 saturated carbocycles. The summed E-state index contributed by atoms with van der Waals surface area (Å²) >= 11 is 1.52. The van der Waals surface area contributed by atoms with Crippen LogP contribution in [0.2, 0.25) is 0 Å². The molecule has 3 amide bonds. The van der Waals surface area contributed by atoms with Crippen LogP contribution < -0.4 is 10.2 Å². The molecule has 6 nitrogen and oxygen atoms in total. The molecule has 1 saturated heterocycles. The summed E-state index contributed by atoms with van der Waals surface area (Å²) in [5.41, 5.74) is 3.52. The molecule has 0 unspecified atom stereocenters. The van der Waals surface area contributed by atoms with Crippen LogP contribution in [0.1, 0.15) is 11.1 Å². The van der Waals surface area contributed by atoms with Gasteiger partial charge in [-0.1, -0.05) is 30.3 Å². The SMILES string of the molecule is COCCN1C(=O)[C@@]2(SCCN2C(=O)Nc2cccc(C)c2)c2ccccc21. The molecular weight excluding hydrogens is 374 g/mol. The van der Waals surface area contributed by atoms with Crippen molar-refractivity contribution >= 4 is 35.1 Å². The van der Waals surface area contributed by atoms with Gasteiger partial charge in [0.1, 0.15) is 0 Å². The summed E-state index contributed by atoms with van der Waals surface area (Å²) in [6.45, 7) is 3.39. The van der Waals surface area contributed by atoms with Gasteiger partial charge in [0.25, 0.3) is 5.91 Å². The van der Waals surface area contributed by atoms with Crippen molar-refractivity contribution in [1.29, 1.82) is 0 Å². The van der Waals surface area contributed by atoms with E-state index in [4.69, 9.17) is 4.74 Å². The summed E-state index contributed by atoms with van der Waals surface area (Å²) < 4.78 is 5.19. The van der Waals surface area contributed by atoms with Crippen LogP contribution in [0.15, 0.2) is 48.5 Å². The van der Waals surface area contributed by atoms with E-state index < -0.39 is 4.87 Å². The fourth-order valence-electron chi connectivity index (χ4n) is 3.89. The number of hydrogen-bond acceptors (Lipinski definition) is 4. The Morgan fingerprint density at radius 2 is 2.07 bits per heavy atom. The van der Waals surface area contributed by atoms with Crippen LogP contribution in [0.25, 0.3) is 0 Å². The summed E-state index contributed by atoms with van der Waals surface area (Å²) in [5.74, 6) is 0.632. The molecule has 146 valence electrons. The van der Waals surface area contributed by atoms with Crippen LogP contribution in [0.4, 0.5) is 16.2 Å². The van der Waals surface area contributed by atoms with Gasteiger partial charge < -0.3 is 15.0 Å². The molecular formula is C21H23N3O3S. The fraction of sp³-hybridized carbons (Fsp3) is 0.333. The van der Waals surface area contributed by atoms with Crippen LogP contribution in [0.3, 0.4) is 0 Å². The molecule has 0 bridgehead atoms. The standard InChI is InChI=1S/C21H23N3O3S/c1-15-6-5-7-16(14-15)22-20(26)24-11-13-28-21(24)17-8-3-4-9-18(17)23(19(21)25)10-12-27-2/h3-9,14H,10-13H2,1-2H3,(H,22,26)/t21-/m0/s1. The largest absolute Gasteiger partial charge is 0.383 e. The van der Waals surface area contributed by atoms with Gasteiger partial charge in [-0.15, -0.1) is 11.8 Å². The normalized spacial score (nSPS) is 20.7. The lowest BCUT2D eigenvalue weighted by atomic mass is 10.1. The number of nitrogens with one attached hydrogen (secondary N) is 1. The number of carbonyl (C=O) groups excluding carboxylic acids is 2. The number of urea groups is 1. The van der Waals surface area contributed by atoms with Gasteiger partial charge in [0.15, 0.2) is 4.87 Å². The third kappa shape index (κ3) is 2.95. The number of thioether (sulfide) groups is 1. The Labute approximate surface area is 168 Å². The molecule has 2 aromatic carbocycles. The lowest BCUT2D eigenvalue weighted by molar-refractivity contribution is -0.123. The minimum atomic E-state index is -1.02. The van der Waals surface area contributed by atoms with Crippen molar-refractivity contribution in [2.75, 3.05) is 42.8 Å². The van der Waals surface area contributed by atoms with E-state index >= 15 is 0 Å². The Balaban J connectivity index is 1.69. The maximum Gasteiger partial charge on any atom is 0.323 e. The van der Waals surface area contributed by atoms with Crippen molar-refractivity contribution in [1.82, 2.24) is 4.90 Å². The Morgan fingerprint density at radius 1 is 1.25 bits per heavy atom. The number of benzene rings is 2. The third-order valence-corrected chi connectivity index (χ3v) is 6.55. The highest BCUT2D eigenvalue weighted by Crippen LogP contribution is 2.54. The summed E-state index contributed by atoms with van der Waals surface area (Å²) in [6.07, 6.45) is 0. The van der Waals surface area contributed by atoms with Crippen molar-refractivity contribution < 1.29 is 14.3 Å². The zero-order valence-corrected chi connectivity index (χ0v) is 16.8. The first-order valence-electron chi connectivity index (χ1n) is 9.27. The maximum atomic E-state index is 13.5. The van der Waals surface area contributed by atoms with Crippen molar-refractivity contribution in [3.8, 4) is 0 Å². The number of methoxy groups -OCH3 is 1. The van der Waals surface area contributed by atoms with Crippen molar-refractivity contribution in [3.63, 3.8) is 0 Å². The fourth-order valence-corrected chi connectivity index (χ4v) is 5.35. The lowest BCUT2D eigenvalue weighted by Crippen LogP contribution is -2.52. The van der Waals surface area contributed by atoms with Gasteiger partial charge in [0, 0.05) is 37.2 Å². The van der Waals surface area contributed by atoms with E-state index in [1.807, 2.05) is 55.5 Å². The summed E-state index contributed by atoms with van der Waals surface area (Å²) in [6, 6.07) is 15.1. The number of rotatable bonds is 4. The average Bonchev–Trinajstić information content (AvgIpc) is 3.23. The zero-order valence-electron chi connectivity index (χ0n) is 16.0. The number of para-hydroxylation sites is 1. The first-order chi connectivity index (χ1) is 13.6. The highest BCUT2D eigenvalue weighted by molar-refractivity contribution is 8.01. The predicted molar refractivity (Wildman–Crippen MR) is 112 cm³/mol. The van der Waals surface area contributed by atoms with Gasteiger partial charge in [-0.25, -0.2) is 4.79 Å². The Kier molecular flexibility index (Phi) is 5.03. The highest BCUT2D eigenvalue weighted by Gasteiger charge is 2.59. The van der Waals surface area contributed by atoms with Crippen molar-refractivity contribution in [3.05, 3.63) is 59.7 Å². The number of hydrogen-bond donors (Lipinski definition) is 1. The number of ether oxygens (including phenoxy) is 1. The second-order valence-corrected chi connectivity index (χ2v) is 8.20. The highest BCUT2D eigenvalue weighted by atomic mass is 32.2. The number of anilines is 2. The summed E-state index contributed by atoms with van der Waals surface area (Å²) in [7, 11) is 1.62. The third-order valence-electron chi connectivity index (χ3n) is 5.13. The quantitative estimate of drug-likeness (QED) is 0.859. The lowest BCUT2D eigenvalue weighted by Gasteiger charge is -2.33. The van der Waals surface area contributed by atoms with Gasteiger partial charge in [0.2, 0.25) is 0 Å². The molecule has 7 heteroatoms. The number of aryl methyl sites for hydroxylation is 1. The smallest absolute Gasteiger partial charge is 0.323 e. The monoisotopic (exact) mass is 397 g/mol. The zero-order chi connectivity index (χ0) is 19.7. The van der Waals surface area contributed by atoms with Crippen LogP contribution in [0.5, 0.6) is 0 Å². The van der Waals surface area contributed by atoms with E-state index in [2.05, 4.69) is 5.32 Å². The van der Waals surface area contributed by atoms with Gasteiger partial charge >= 0.3 is 6.03 Å².